The quantitative estimate of drug-likeness (QED) is 0.714. The van der Waals surface area contributed by atoms with Gasteiger partial charge in [0.15, 0.2) is 0 Å². The molecule has 0 aliphatic rings. The molecule has 0 radical (unpaired) electrons. The molecule has 13 heavy (non-hydrogen) atoms. The van der Waals surface area contributed by atoms with E-state index in [1.54, 1.807) is 6.08 Å². The Labute approximate surface area is 77.5 Å². The summed E-state index contributed by atoms with van der Waals surface area (Å²) in [6.45, 7) is 0. The van der Waals surface area contributed by atoms with Gasteiger partial charge in [0.25, 0.3) is 0 Å². The van der Waals surface area contributed by atoms with E-state index in [1.165, 1.54) is 11.6 Å². The van der Waals surface area contributed by atoms with E-state index >= 15 is 0 Å². The summed E-state index contributed by atoms with van der Waals surface area (Å²) in [7, 11) is 0. The molecule has 0 saturated carbocycles. The number of rotatable bonds is 4. The van der Waals surface area contributed by atoms with Crippen molar-refractivity contribution in [2.75, 3.05) is 0 Å². The minimum atomic E-state index is -0.881. The fourth-order valence-electron chi connectivity index (χ4n) is 1.08. The van der Waals surface area contributed by atoms with E-state index in [-0.39, 0.29) is 0 Å². The van der Waals surface area contributed by atoms with Crippen LogP contribution < -0.4 is 0 Å². The van der Waals surface area contributed by atoms with E-state index in [1.807, 2.05) is 30.3 Å². The van der Waals surface area contributed by atoms with Crippen LogP contribution in [0.5, 0.6) is 0 Å². The number of hydrogen-bond donors (Lipinski definition) is 1. The third-order valence-electron chi connectivity index (χ3n) is 1.70. The van der Waals surface area contributed by atoms with Gasteiger partial charge in [-0.05, 0) is 18.4 Å². The molecule has 0 fully saturated rings. The SMILES string of the molecule is O=C(O)/C=C/CCc1ccccc1. The Bertz CT molecular complexity index is 288. The first-order valence-electron chi connectivity index (χ1n) is 4.22. The van der Waals surface area contributed by atoms with Crippen LogP contribution in [0.25, 0.3) is 0 Å². The zero-order chi connectivity index (χ0) is 9.52. The maximum absolute atomic E-state index is 10.1. The fraction of sp³-hybridized carbons (Fsp3) is 0.182. The lowest BCUT2D eigenvalue weighted by Gasteiger charge is -1.95. The van der Waals surface area contributed by atoms with Crippen LogP contribution in [0.15, 0.2) is 42.5 Å². The third-order valence-corrected chi connectivity index (χ3v) is 1.70. The van der Waals surface area contributed by atoms with Crippen LogP contribution in [0.1, 0.15) is 12.0 Å². The van der Waals surface area contributed by atoms with Gasteiger partial charge >= 0.3 is 5.97 Å². The molecule has 0 spiro atoms. The number of aryl methyl sites for hydroxylation is 1. The largest absolute Gasteiger partial charge is 0.478 e. The Hall–Kier alpha value is -1.57. The van der Waals surface area contributed by atoms with Crippen molar-refractivity contribution >= 4 is 5.97 Å². The minimum absolute atomic E-state index is 0.774. The van der Waals surface area contributed by atoms with Crippen LogP contribution in [0.3, 0.4) is 0 Å². The smallest absolute Gasteiger partial charge is 0.327 e. The molecule has 2 heteroatoms. The highest BCUT2D eigenvalue weighted by molar-refractivity contribution is 5.79. The molecule has 1 N–H and O–H groups in total. The van der Waals surface area contributed by atoms with E-state index < -0.39 is 5.97 Å². The maximum Gasteiger partial charge on any atom is 0.327 e. The molecule has 0 aromatic heterocycles. The molecular formula is C11H12O2. The Balaban J connectivity index is 2.32. The van der Waals surface area contributed by atoms with Crippen molar-refractivity contribution in [2.24, 2.45) is 0 Å². The van der Waals surface area contributed by atoms with Crippen LogP contribution in [-0.4, -0.2) is 11.1 Å². The molecular weight excluding hydrogens is 164 g/mol. The van der Waals surface area contributed by atoms with Gasteiger partial charge in [0.1, 0.15) is 0 Å². The number of benzene rings is 1. The summed E-state index contributed by atoms with van der Waals surface area (Å²) in [4.78, 5) is 10.1. The summed E-state index contributed by atoms with van der Waals surface area (Å²) in [5.74, 6) is -0.881. The van der Waals surface area contributed by atoms with E-state index in [0.717, 1.165) is 12.8 Å². The number of hydrogen-bond acceptors (Lipinski definition) is 1. The monoisotopic (exact) mass is 176 g/mol. The predicted octanol–water partition coefficient (Wildman–Crippen LogP) is 2.26. The Morgan fingerprint density at radius 3 is 2.62 bits per heavy atom. The first-order valence-corrected chi connectivity index (χ1v) is 4.22. The topological polar surface area (TPSA) is 37.3 Å². The Morgan fingerprint density at radius 1 is 1.31 bits per heavy atom. The van der Waals surface area contributed by atoms with E-state index in [4.69, 9.17) is 5.11 Å². The van der Waals surface area contributed by atoms with Gasteiger partial charge in [-0.2, -0.15) is 0 Å². The summed E-state index contributed by atoms with van der Waals surface area (Å²) in [5, 5.41) is 8.32. The molecule has 0 atom stereocenters. The van der Waals surface area contributed by atoms with Crippen molar-refractivity contribution in [1.29, 1.82) is 0 Å². The zero-order valence-electron chi connectivity index (χ0n) is 7.31. The molecule has 0 unspecified atom stereocenters. The highest BCUT2D eigenvalue weighted by Crippen LogP contribution is 2.02. The van der Waals surface area contributed by atoms with Crippen molar-refractivity contribution in [3.05, 3.63) is 48.0 Å². The normalized spacial score (nSPS) is 10.5. The lowest BCUT2D eigenvalue weighted by Crippen LogP contribution is -1.87. The van der Waals surface area contributed by atoms with Crippen LogP contribution in [0.2, 0.25) is 0 Å². The van der Waals surface area contributed by atoms with Gasteiger partial charge in [0.05, 0.1) is 0 Å². The van der Waals surface area contributed by atoms with Crippen molar-refractivity contribution in [2.45, 2.75) is 12.8 Å². The second-order valence-corrected chi connectivity index (χ2v) is 2.76. The molecule has 2 nitrogen and oxygen atoms in total. The number of aliphatic carboxylic acids is 1. The van der Waals surface area contributed by atoms with Crippen LogP contribution in [0.4, 0.5) is 0 Å². The molecule has 68 valence electrons. The summed E-state index contributed by atoms with van der Waals surface area (Å²) in [6.07, 6.45) is 4.53. The first-order chi connectivity index (χ1) is 6.29. The van der Waals surface area contributed by atoms with Gasteiger partial charge in [0.2, 0.25) is 0 Å². The van der Waals surface area contributed by atoms with Crippen molar-refractivity contribution in [3.63, 3.8) is 0 Å². The molecule has 1 aromatic carbocycles. The summed E-state index contributed by atoms with van der Waals surface area (Å²) < 4.78 is 0. The third kappa shape index (κ3) is 4.11. The Morgan fingerprint density at radius 2 is 2.00 bits per heavy atom. The van der Waals surface area contributed by atoms with Gasteiger partial charge in [-0.15, -0.1) is 0 Å². The highest BCUT2D eigenvalue weighted by atomic mass is 16.4. The zero-order valence-corrected chi connectivity index (χ0v) is 7.31. The van der Waals surface area contributed by atoms with E-state index in [0.29, 0.717) is 0 Å². The van der Waals surface area contributed by atoms with Crippen molar-refractivity contribution < 1.29 is 9.90 Å². The molecule has 1 aromatic rings. The van der Waals surface area contributed by atoms with Gasteiger partial charge in [-0.3, -0.25) is 0 Å². The summed E-state index contributed by atoms with van der Waals surface area (Å²) in [6, 6.07) is 10.0. The highest BCUT2D eigenvalue weighted by Gasteiger charge is 1.89. The van der Waals surface area contributed by atoms with Gasteiger partial charge in [-0.25, -0.2) is 4.79 Å². The lowest BCUT2D eigenvalue weighted by molar-refractivity contribution is -0.131. The van der Waals surface area contributed by atoms with Crippen molar-refractivity contribution in [1.82, 2.24) is 0 Å². The minimum Gasteiger partial charge on any atom is -0.478 e. The molecule has 0 heterocycles. The number of carboxylic acids is 1. The van der Waals surface area contributed by atoms with Gasteiger partial charge in [0, 0.05) is 6.08 Å². The Kier molecular flexibility index (Phi) is 3.76. The van der Waals surface area contributed by atoms with E-state index in [9.17, 15) is 4.79 Å². The molecule has 0 aliphatic carbocycles. The van der Waals surface area contributed by atoms with E-state index in [2.05, 4.69) is 0 Å². The standard InChI is InChI=1S/C11H12O2/c12-11(13)9-5-4-8-10-6-2-1-3-7-10/h1-3,5-7,9H,4,8H2,(H,12,13)/b9-5+. The molecule has 0 bridgehead atoms. The van der Waals surface area contributed by atoms with Crippen LogP contribution >= 0.6 is 0 Å². The predicted molar refractivity (Wildman–Crippen MR) is 51.5 cm³/mol. The molecule has 0 aliphatic heterocycles. The number of carboxylic acid groups (broad SMARTS) is 1. The summed E-state index contributed by atoms with van der Waals surface area (Å²) in [5.41, 5.74) is 1.23. The summed E-state index contributed by atoms with van der Waals surface area (Å²) >= 11 is 0. The fourth-order valence-corrected chi connectivity index (χ4v) is 1.08. The maximum atomic E-state index is 10.1. The molecule has 0 saturated heterocycles. The molecule has 0 amide bonds. The first kappa shape index (κ1) is 9.52. The van der Waals surface area contributed by atoms with Crippen molar-refractivity contribution in [3.8, 4) is 0 Å². The number of allylic oxidation sites excluding steroid dienone is 1. The van der Waals surface area contributed by atoms with Crippen LogP contribution in [-0.2, 0) is 11.2 Å². The average Bonchev–Trinajstić information content (AvgIpc) is 2.14. The van der Waals surface area contributed by atoms with Crippen LogP contribution in [0, 0.1) is 0 Å². The van der Waals surface area contributed by atoms with Gasteiger partial charge in [-0.1, -0.05) is 36.4 Å². The number of carbonyl (C=O) groups is 1. The molecule has 1 rings (SSSR count). The lowest BCUT2D eigenvalue weighted by atomic mass is 10.1. The second-order valence-electron chi connectivity index (χ2n) is 2.76. The average molecular weight is 176 g/mol. The van der Waals surface area contributed by atoms with Gasteiger partial charge < -0.3 is 5.11 Å². The second kappa shape index (κ2) is 5.14.